The number of nitrogens with one attached hydrogen (secondary N) is 3. The predicted octanol–water partition coefficient (Wildman–Crippen LogP) is 3.75. The highest BCUT2D eigenvalue weighted by Gasteiger charge is 2.47. The van der Waals surface area contributed by atoms with Gasteiger partial charge in [-0.05, 0) is 42.7 Å². The Labute approximate surface area is 162 Å². The normalized spacial score (nSPS) is 18.3. The van der Waals surface area contributed by atoms with Crippen LogP contribution in [0.25, 0.3) is 10.9 Å². The van der Waals surface area contributed by atoms with Crippen molar-refractivity contribution in [2.45, 2.75) is 12.8 Å². The molecule has 0 saturated heterocycles. The lowest BCUT2D eigenvalue weighted by Crippen LogP contribution is -2.29. The van der Waals surface area contributed by atoms with Crippen LogP contribution >= 0.6 is 11.6 Å². The van der Waals surface area contributed by atoms with Gasteiger partial charge in [-0.15, -0.1) is 0 Å². The fourth-order valence-corrected chi connectivity index (χ4v) is 3.56. The van der Waals surface area contributed by atoms with E-state index in [0.29, 0.717) is 23.7 Å². The van der Waals surface area contributed by atoms with Crippen LogP contribution in [0.1, 0.15) is 12.0 Å². The number of fused-ring (bicyclic) bond motifs is 1. The van der Waals surface area contributed by atoms with E-state index in [1.165, 1.54) is 10.9 Å². The number of carbonyl (C=O) groups excluding carboxylic acids is 2. The lowest BCUT2D eigenvalue weighted by molar-refractivity contribution is -0.125. The predicted molar refractivity (Wildman–Crippen MR) is 107 cm³/mol. The van der Waals surface area contributed by atoms with Crippen LogP contribution in [0.4, 0.5) is 5.69 Å². The summed E-state index contributed by atoms with van der Waals surface area (Å²) in [6, 6.07) is 15.1. The number of halogens is 1. The Morgan fingerprint density at radius 3 is 2.74 bits per heavy atom. The van der Waals surface area contributed by atoms with Gasteiger partial charge >= 0.3 is 0 Å². The van der Waals surface area contributed by atoms with E-state index in [-0.39, 0.29) is 23.7 Å². The number of amides is 2. The summed E-state index contributed by atoms with van der Waals surface area (Å²) in [6.07, 6.45) is 3.32. The maximum Gasteiger partial charge on any atom is 0.228 e. The van der Waals surface area contributed by atoms with Gasteiger partial charge in [-0.3, -0.25) is 9.59 Å². The number of para-hydroxylation sites is 1. The van der Waals surface area contributed by atoms with E-state index in [4.69, 9.17) is 11.6 Å². The van der Waals surface area contributed by atoms with Crippen LogP contribution in [0.5, 0.6) is 0 Å². The minimum Gasteiger partial charge on any atom is -0.361 e. The fraction of sp³-hybridized carbons (Fsp3) is 0.238. The van der Waals surface area contributed by atoms with Crippen molar-refractivity contribution in [1.29, 1.82) is 0 Å². The van der Waals surface area contributed by atoms with Crippen molar-refractivity contribution in [3.05, 3.63) is 65.3 Å². The lowest BCUT2D eigenvalue weighted by atomic mass is 10.1. The highest BCUT2D eigenvalue weighted by Crippen LogP contribution is 2.39. The number of hydrogen-bond acceptors (Lipinski definition) is 2. The van der Waals surface area contributed by atoms with E-state index in [2.05, 4.69) is 21.7 Å². The van der Waals surface area contributed by atoms with E-state index in [1.54, 1.807) is 24.3 Å². The molecule has 0 radical (unpaired) electrons. The molecular weight excluding hydrogens is 362 g/mol. The number of rotatable bonds is 6. The number of aromatic amines is 1. The van der Waals surface area contributed by atoms with Gasteiger partial charge in [-0.25, -0.2) is 0 Å². The van der Waals surface area contributed by atoms with Crippen molar-refractivity contribution in [3.63, 3.8) is 0 Å². The molecule has 1 aliphatic rings. The molecule has 2 aromatic carbocycles. The quantitative estimate of drug-likeness (QED) is 0.608. The molecule has 2 amide bonds. The topological polar surface area (TPSA) is 74.0 Å². The Balaban J connectivity index is 1.25. The van der Waals surface area contributed by atoms with Gasteiger partial charge in [0.25, 0.3) is 0 Å². The monoisotopic (exact) mass is 381 g/mol. The summed E-state index contributed by atoms with van der Waals surface area (Å²) < 4.78 is 0. The van der Waals surface area contributed by atoms with Crippen LogP contribution in [0.15, 0.2) is 54.7 Å². The molecule has 6 heteroatoms. The molecule has 1 aromatic heterocycles. The number of carbonyl (C=O) groups is 2. The molecule has 1 heterocycles. The maximum absolute atomic E-state index is 12.3. The summed E-state index contributed by atoms with van der Waals surface area (Å²) in [4.78, 5) is 27.8. The van der Waals surface area contributed by atoms with Crippen LogP contribution in [0.2, 0.25) is 5.02 Å². The van der Waals surface area contributed by atoms with Gasteiger partial charge in [0, 0.05) is 34.4 Å². The highest BCUT2D eigenvalue weighted by atomic mass is 35.5. The zero-order valence-electron chi connectivity index (χ0n) is 14.7. The smallest absolute Gasteiger partial charge is 0.228 e. The average molecular weight is 382 g/mol. The van der Waals surface area contributed by atoms with Gasteiger partial charge in [0.05, 0.1) is 11.8 Å². The van der Waals surface area contributed by atoms with Gasteiger partial charge in [0.2, 0.25) is 11.8 Å². The fourth-order valence-electron chi connectivity index (χ4n) is 3.37. The van der Waals surface area contributed by atoms with Crippen molar-refractivity contribution in [1.82, 2.24) is 10.3 Å². The molecule has 1 fully saturated rings. The van der Waals surface area contributed by atoms with E-state index < -0.39 is 0 Å². The molecule has 3 aromatic rings. The molecule has 1 aliphatic carbocycles. The molecule has 27 heavy (non-hydrogen) atoms. The third-order valence-corrected chi connectivity index (χ3v) is 5.16. The second kappa shape index (κ2) is 7.45. The first kappa shape index (κ1) is 17.6. The standard InChI is InChI=1S/C21H20ClN3O2/c22-14-4-3-5-15(10-14)25-21(27)18-11-17(18)20(26)23-9-8-13-12-24-19-7-2-1-6-16(13)19/h1-7,10,12,17-18,24H,8-9,11H2,(H,23,26)(H,25,27). The summed E-state index contributed by atoms with van der Waals surface area (Å²) in [5, 5.41) is 7.51. The molecule has 5 nitrogen and oxygen atoms in total. The molecule has 2 atom stereocenters. The maximum atomic E-state index is 12.3. The zero-order chi connectivity index (χ0) is 18.8. The first-order chi connectivity index (χ1) is 13.1. The molecule has 4 rings (SSSR count). The molecule has 3 N–H and O–H groups in total. The van der Waals surface area contributed by atoms with Gasteiger partial charge in [0.1, 0.15) is 0 Å². The SMILES string of the molecule is O=C(NCCc1c[nH]c2ccccc12)C1CC1C(=O)Nc1cccc(Cl)c1. The average Bonchev–Trinajstić information content (AvgIpc) is 3.37. The van der Waals surface area contributed by atoms with Crippen molar-refractivity contribution >= 4 is 40.0 Å². The third-order valence-electron chi connectivity index (χ3n) is 4.92. The number of H-pyrrole nitrogens is 1. The van der Waals surface area contributed by atoms with Gasteiger partial charge in [0.15, 0.2) is 0 Å². The number of hydrogen-bond donors (Lipinski definition) is 3. The van der Waals surface area contributed by atoms with E-state index in [9.17, 15) is 9.59 Å². The summed E-state index contributed by atoms with van der Waals surface area (Å²) in [5.41, 5.74) is 2.92. The number of aromatic nitrogens is 1. The summed E-state index contributed by atoms with van der Waals surface area (Å²) in [7, 11) is 0. The van der Waals surface area contributed by atoms with Gasteiger partial charge in [-0.2, -0.15) is 0 Å². The molecule has 0 aliphatic heterocycles. The third kappa shape index (κ3) is 3.98. The van der Waals surface area contributed by atoms with Crippen LogP contribution < -0.4 is 10.6 Å². The van der Waals surface area contributed by atoms with Crippen molar-refractivity contribution in [2.24, 2.45) is 11.8 Å². The Morgan fingerprint density at radius 1 is 1.07 bits per heavy atom. The molecule has 138 valence electrons. The first-order valence-electron chi connectivity index (χ1n) is 9.01. The van der Waals surface area contributed by atoms with Crippen molar-refractivity contribution < 1.29 is 9.59 Å². The molecule has 1 saturated carbocycles. The second-order valence-corrected chi connectivity index (χ2v) is 7.29. The first-order valence-corrected chi connectivity index (χ1v) is 9.39. The summed E-state index contributed by atoms with van der Waals surface area (Å²) in [5.74, 6) is -0.695. The Hall–Kier alpha value is -2.79. The van der Waals surface area contributed by atoms with Crippen molar-refractivity contribution in [2.75, 3.05) is 11.9 Å². The van der Waals surface area contributed by atoms with E-state index in [1.807, 2.05) is 24.4 Å². The molecule has 2 unspecified atom stereocenters. The second-order valence-electron chi connectivity index (χ2n) is 6.85. The number of benzene rings is 2. The van der Waals surface area contributed by atoms with Crippen LogP contribution in [0, 0.1) is 11.8 Å². The highest BCUT2D eigenvalue weighted by molar-refractivity contribution is 6.30. The van der Waals surface area contributed by atoms with Crippen LogP contribution in [-0.4, -0.2) is 23.3 Å². The Kier molecular flexibility index (Phi) is 4.86. The minimum absolute atomic E-state index is 0.0546. The van der Waals surface area contributed by atoms with Gasteiger partial charge < -0.3 is 15.6 Å². The van der Waals surface area contributed by atoms with Gasteiger partial charge in [-0.1, -0.05) is 35.9 Å². The summed E-state index contributed by atoms with van der Waals surface area (Å²) in [6.45, 7) is 0.555. The van der Waals surface area contributed by atoms with Crippen molar-refractivity contribution in [3.8, 4) is 0 Å². The Morgan fingerprint density at radius 2 is 1.89 bits per heavy atom. The van der Waals surface area contributed by atoms with E-state index in [0.717, 1.165) is 11.9 Å². The van der Waals surface area contributed by atoms with Crippen LogP contribution in [-0.2, 0) is 16.0 Å². The molecule has 0 bridgehead atoms. The Bertz CT molecular complexity index is 998. The molecular formula is C21H20ClN3O2. The lowest BCUT2D eigenvalue weighted by Gasteiger charge is -2.06. The van der Waals surface area contributed by atoms with Crippen LogP contribution in [0.3, 0.4) is 0 Å². The largest absolute Gasteiger partial charge is 0.361 e. The number of anilines is 1. The molecule has 0 spiro atoms. The zero-order valence-corrected chi connectivity index (χ0v) is 15.4. The minimum atomic E-state index is -0.267. The van der Waals surface area contributed by atoms with E-state index >= 15 is 0 Å². The summed E-state index contributed by atoms with van der Waals surface area (Å²) >= 11 is 5.92.